The van der Waals surface area contributed by atoms with E-state index in [1.807, 2.05) is 6.92 Å². The van der Waals surface area contributed by atoms with Gasteiger partial charge in [-0.3, -0.25) is 4.79 Å². The van der Waals surface area contributed by atoms with Gasteiger partial charge in [0, 0.05) is 7.05 Å². The van der Waals surface area contributed by atoms with Gasteiger partial charge in [-0.2, -0.15) is 0 Å². The smallest absolute Gasteiger partial charge is 0.238 e. The Morgan fingerprint density at radius 3 is 2.47 bits per heavy atom. The van der Waals surface area contributed by atoms with Crippen molar-refractivity contribution >= 4 is 33.2 Å². The Bertz CT molecular complexity index is 1130. The molecule has 1 amide bonds. The van der Waals surface area contributed by atoms with Crippen LogP contribution in [0.5, 0.6) is 0 Å². The zero-order chi connectivity index (χ0) is 21.7. The number of carbonyl (C=O) groups is 1. The molecule has 3 aromatic rings. The quantitative estimate of drug-likeness (QED) is 0.531. The van der Waals surface area contributed by atoms with E-state index >= 15 is 0 Å². The van der Waals surface area contributed by atoms with E-state index < -0.39 is 20.9 Å². The molecule has 1 aromatic heterocycles. The number of anilines is 1. The van der Waals surface area contributed by atoms with Gasteiger partial charge in [-0.05, 0) is 30.7 Å². The van der Waals surface area contributed by atoms with Gasteiger partial charge in [0.1, 0.15) is 17.4 Å². The van der Waals surface area contributed by atoms with Gasteiger partial charge < -0.3 is 9.88 Å². The molecular formula is C20H21FN4O3S2. The third kappa shape index (κ3) is 5.06. The molecule has 0 aliphatic rings. The van der Waals surface area contributed by atoms with Crippen LogP contribution >= 0.6 is 11.8 Å². The summed E-state index contributed by atoms with van der Waals surface area (Å²) in [5.74, 6) is -0.920. The number of carbonyl (C=O) groups excluding carboxylic acids is 1. The number of nitrogens with one attached hydrogen (secondary N) is 1. The topological polar surface area (TPSA) is 93.9 Å². The Balaban J connectivity index is 1.73. The van der Waals surface area contributed by atoms with E-state index in [-0.39, 0.29) is 28.1 Å². The summed E-state index contributed by atoms with van der Waals surface area (Å²) in [6, 6.07) is 14.0. The minimum atomic E-state index is -3.57. The van der Waals surface area contributed by atoms with Crippen molar-refractivity contribution in [1.82, 2.24) is 14.8 Å². The number of benzene rings is 2. The largest absolute Gasteiger partial charge is 0.323 e. The van der Waals surface area contributed by atoms with Gasteiger partial charge in [0.15, 0.2) is 15.0 Å². The van der Waals surface area contributed by atoms with Gasteiger partial charge in [0.05, 0.1) is 15.8 Å². The monoisotopic (exact) mass is 448 g/mol. The summed E-state index contributed by atoms with van der Waals surface area (Å²) in [4.78, 5) is 12.8. The Kier molecular flexibility index (Phi) is 6.88. The summed E-state index contributed by atoms with van der Waals surface area (Å²) < 4.78 is 40.6. The van der Waals surface area contributed by atoms with E-state index in [1.165, 1.54) is 24.3 Å². The number of rotatable bonds is 8. The van der Waals surface area contributed by atoms with Crippen LogP contribution in [0.3, 0.4) is 0 Å². The number of nitrogens with zero attached hydrogens (tertiary/aromatic N) is 3. The van der Waals surface area contributed by atoms with E-state index in [0.29, 0.717) is 11.6 Å². The molecule has 1 atom stereocenters. The first-order valence-electron chi connectivity index (χ1n) is 9.20. The van der Waals surface area contributed by atoms with Gasteiger partial charge in [0.25, 0.3) is 0 Å². The van der Waals surface area contributed by atoms with Crippen molar-refractivity contribution in [3.05, 3.63) is 66.2 Å². The third-order valence-corrected chi connectivity index (χ3v) is 7.42. The standard InChI is InChI=1S/C20H21FN4O3S2/c1-3-17(19(26)22-16-12-8-7-11-15(16)21)29-20-24-23-18(25(20)2)13-30(27,28)14-9-5-4-6-10-14/h4-12,17H,3,13H2,1-2H3,(H,22,26). The number of amides is 1. The van der Waals surface area contributed by atoms with E-state index in [0.717, 1.165) is 11.8 Å². The van der Waals surface area contributed by atoms with Crippen molar-refractivity contribution in [1.29, 1.82) is 0 Å². The Hall–Kier alpha value is -2.72. The van der Waals surface area contributed by atoms with Crippen LogP contribution in [0.4, 0.5) is 10.1 Å². The molecule has 0 saturated carbocycles. The molecule has 1 N–H and O–H groups in total. The molecule has 0 saturated heterocycles. The Labute approximate surface area is 178 Å². The average Bonchev–Trinajstić information content (AvgIpc) is 3.07. The molecule has 158 valence electrons. The van der Waals surface area contributed by atoms with Crippen LogP contribution in [-0.4, -0.2) is 34.3 Å². The second-order valence-electron chi connectivity index (χ2n) is 6.51. The van der Waals surface area contributed by atoms with E-state index in [4.69, 9.17) is 0 Å². The van der Waals surface area contributed by atoms with Crippen molar-refractivity contribution in [2.75, 3.05) is 5.32 Å². The maximum absolute atomic E-state index is 13.8. The van der Waals surface area contributed by atoms with Gasteiger partial charge in [-0.15, -0.1) is 10.2 Å². The van der Waals surface area contributed by atoms with Crippen LogP contribution in [0.2, 0.25) is 0 Å². The van der Waals surface area contributed by atoms with Gasteiger partial charge in [-0.25, -0.2) is 12.8 Å². The lowest BCUT2D eigenvalue weighted by Gasteiger charge is -2.14. The molecule has 3 rings (SSSR count). The predicted octanol–water partition coefficient (Wildman–Crippen LogP) is 3.44. The van der Waals surface area contributed by atoms with Gasteiger partial charge in [0.2, 0.25) is 5.91 Å². The summed E-state index contributed by atoms with van der Waals surface area (Å²) in [5.41, 5.74) is 0.106. The lowest BCUT2D eigenvalue weighted by atomic mass is 10.2. The second-order valence-corrected chi connectivity index (χ2v) is 9.67. The van der Waals surface area contributed by atoms with E-state index in [9.17, 15) is 17.6 Å². The molecule has 0 fully saturated rings. The van der Waals surface area contributed by atoms with Crippen molar-refractivity contribution in [2.45, 2.75) is 34.4 Å². The number of hydrogen-bond acceptors (Lipinski definition) is 6. The van der Waals surface area contributed by atoms with Crippen LogP contribution in [-0.2, 0) is 27.4 Å². The third-order valence-electron chi connectivity index (χ3n) is 4.39. The fourth-order valence-corrected chi connectivity index (χ4v) is 4.95. The summed E-state index contributed by atoms with van der Waals surface area (Å²) in [6.07, 6.45) is 0.468. The lowest BCUT2D eigenvalue weighted by molar-refractivity contribution is -0.115. The molecule has 7 nitrogen and oxygen atoms in total. The number of hydrogen-bond donors (Lipinski definition) is 1. The molecular weight excluding hydrogens is 427 g/mol. The van der Waals surface area contributed by atoms with Crippen LogP contribution < -0.4 is 5.32 Å². The highest BCUT2D eigenvalue weighted by molar-refractivity contribution is 8.00. The van der Waals surface area contributed by atoms with Crippen molar-refractivity contribution in [3.8, 4) is 0 Å². The first-order valence-corrected chi connectivity index (χ1v) is 11.7. The number of sulfone groups is 1. The molecule has 0 aliphatic carbocycles. The molecule has 1 unspecified atom stereocenters. The maximum atomic E-state index is 13.8. The van der Waals surface area contributed by atoms with Crippen molar-refractivity contribution in [2.24, 2.45) is 7.05 Å². The molecule has 0 radical (unpaired) electrons. The van der Waals surface area contributed by atoms with Crippen molar-refractivity contribution < 1.29 is 17.6 Å². The second kappa shape index (κ2) is 9.40. The number of thioether (sulfide) groups is 1. The summed E-state index contributed by atoms with van der Waals surface area (Å²) >= 11 is 1.15. The highest BCUT2D eigenvalue weighted by atomic mass is 32.2. The fraction of sp³-hybridized carbons (Fsp3) is 0.250. The summed E-state index contributed by atoms with van der Waals surface area (Å²) in [6.45, 7) is 1.83. The Morgan fingerprint density at radius 1 is 1.13 bits per heavy atom. The fourth-order valence-electron chi connectivity index (χ4n) is 2.68. The molecule has 10 heteroatoms. The Morgan fingerprint density at radius 2 is 1.80 bits per heavy atom. The molecule has 30 heavy (non-hydrogen) atoms. The molecule has 0 bridgehead atoms. The normalized spacial score (nSPS) is 12.5. The summed E-state index contributed by atoms with van der Waals surface area (Å²) in [7, 11) is -1.92. The highest BCUT2D eigenvalue weighted by Gasteiger charge is 2.24. The van der Waals surface area contributed by atoms with E-state index in [1.54, 1.807) is 41.9 Å². The van der Waals surface area contributed by atoms with Crippen LogP contribution in [0.1, 0.15) is 19.2 Å². The minimum Gasteiger partial charge on any atom is -0.323 e. The average molecular weight is 449 g/mol. The molecule has 0 spiro atoms. The van der Waals surface area contributed by atoms with Crippen LogP contribution in [0, 0.1) is 5.82 Å². The van der Waals surface area contributed by atoms with Gasteiger partial charge in [-0.1, -0.05) is 49.0 Å². The zero-order valence-electron chi connectivity index (χ0n) is 16.4. The number of para-hydroxylation sites is 1. The van der Waals surface area contributed by atoms with E-state index in [2.05, 4.69) is 15.5 Å². The molecule has 0 aliphatic heterocycles. The van der Waals surface area contributed by atoms with Crippen molar-refractivity contribution in [3.63, 3.8) is 0 Å². The molecule has 1 heterocycles. The first-order chi connectivity index (χ1) is 14.3. The highest BCUT2D eigenvalue weighted by Crippen LogP contribution is 2.26. The minimum absolute atomic E-state index is 0.106. The van der Waals surface area contributed by atoms with Crippen LogP contribution in [0.15, 0.2) is 64.6 Å². The lowest BCUT2D eigenvalue weighted by Crippen LogP contribution is -2.25. The van der Waals surface area contributed by atoms with Gasteiger partial charge >= 0.3 is 0 Å². The zero-order valence-corrected chi connectivity index (χ0v) is 18.1. The first kappa shape index (κ1) is 22.0. The number of aromatic nitrogens is 3. The predicted molar refractivity (Wildman–Crippen MR) is 113 cm³/mol. The summed E-state index contributed by atoms with van der Waals surface area (Å²) in [5, 5.41) is 10.5. The maximum Gasteiger partial charge on any atom is 0.238 e. The SMILES string of the molecule is CCC(Sc1nnc(CS(=O)(=O)c2ccccc2)n1C)C(=O)Nc1ccccc1F. The number of halogens is 1. The molecule has 2 aromatic carbocycles. The van der Waals surface area contributed by atoms with Crippen LogP contribution in [0.25, 0.3) is 0 Å².